The number of nitrogens with zero attached hydrogens (tertiary/aromatic N) is 4. The van der Waals surface area contributed by atoms with Crippen molar-refractivity contribution in [2.24, 2.45) is 17.8 Å². The van der Waals surface area contributed by atoms with E-state index < -0.39 is 0 Å². The van der Waals surface area contributed by atoms with Crippen molar-refractivity contribution in [1.82, 2.24) is 15.0 Å². The highest BCUT2D eigenvalue weighted by atomic mass is 15.0. The molecular formula is C39H36N4. The Balaban J connectivity index is 1.31. The minimum absolute atomic E-state index is 0.281. The largest absolute Gasteiger partial charge is 0.208 e. The zero-order chi connectivity index (χ0) is 29.4. The second-order valence-corrected chi connectivity index (χ2v) is 13.0. The van der Waals surface area contributed by atoms with E-state index in [-0.39, 0.29) is 5.41 Å². The van der Waals surface area contributed by atoms with Gasteiger partial charge in [-0.05, 0) is 90.2 Å². The van der Waals surface area contributed by atoms with Crippen LogP contribution in [0.4, 0.5) is 0 Å². The Morgan fingerprint density at radius 3 is 1.79 bits per heavy atom. The van der Waals surface area contributed by atoms with Crippen LogP contribution in [0.3, 0.4) is 0 Å². The Morgan fingerprint density at radius 1 is 0.581 bits per heavy atom. The zero-order valence-corrected chi connectivity index (χ0v) is 24.9. The van der Waals surface area contributed by atoms with E-state index in [1.165, 1.54) is 37.7 Å². The first kappa shape index (κ1) is 27.2. The van der Waals surface area contributed by atoms with Gasteiger partial charge in [-0.15, -0.1) is 0 Å². The Hall–Kier alpha value is -4.62. The Bertz CT molecular complexity index is 1780. The number of fused-ring (bicyclic) bond motifs is 2. The molecule has 2 aliphatic carbocycles. The van der Waals surface area contributed by atoms with Crippen LogP contribution in [0.1, 0.15) is 57.1 Å². The molecule has 4 aromatic carbocycles. The van der Waals surface area contributed by atoms with Crippen LogP contribution in [0.25, 0.3) is 45.3 Å². The van der Waals surface area contributed by atoms with E-state index in [0.717, 1.165) is 45.6 Å². The van der Waals surface area contributed by atoms with Crippen LogP contribution >= 0.6 is 0 Å². The van der Waals surface area contributed by atoms with Gasteiger partial charge in [-0.1, -0.05) is 98.8 Å². The average molecular weight is 561 g/mol. The molecule has 4 atom stereocenters. The molecule has 7 rings (SSSR count). The molecule has 0 radical (unpaired) electrons. The summed E-state index contributed by atoms with van der Waals surface area (Å²) in [4.78, 5) is 14.9. The third-order valence-corrected chi connectivity index (χ3v) is 9.50. The summed E-state index contributed by atoms with van der Waals surface area (Å²) in [7, 11) is 0. The summed E-state index contributed by atoms with van der Waals surface area (Å²) < 4.78 is 0. The first-order chi connectivity index (χ1) is 21.0. The monoisotopic (exact) mass is 560 g/mol. The summed E-state index contributed by atoms with van der Waals surface area (Å²) in [5.74, 6) is 4.22. The topological polar surface area (TPSA) is 62.5 Å². The molecule has 2 fully saturated rings. The van der Waals surface area contributed by atoms with E-state index in [1.807, 2.05) is 30.3 Å². The van der Waals surface area contributed by atoms with Crippen molar-refractivity contribution in [2.45, 2.75) is 51.4 Å². The molecular weight excluding hydrogens is 524 g/mol. The SMILES string of the molecule is C[C@@H]1C[C@@H]2C[C@H](C)CC(c3ccc(-c4nc(-c5cccc(C#N)c5)nc(-c5cccc(-c6ccccc6)c5)n4)cc3)(C1)C2. The molecule has 2 saturated carbocycles. The number of nitriles is 1. The zero-order valence-electron chi connectivity index (χ0n) is 24.9. The van der Waals surface area contributed by atoms with Crippen LogP contribution in [-0.2, 0) is 5.41 Å². The lowest BCUT2D eigenvalue weighted by Crippen LogP contribution is -2.42. The lowest BCUT2D eigenvalue weighted by molar-refractivity contribution is 0.0780. The van der Waals surface area contributed by atoms with Gasteiger partial charge in [0.25, 0.3) is 0 Å². The molecule has 5 aromatic rings. The van der Waals surface area contributed by atoms with Gasteiger partial charge in [-0.25, -0.2) is 15.0 Å². The molecule has 0 saturated heterocycles. The Morgan fingerprint density at radius 2 is 1.14 bits per heavy atom. The molecule has 4 heteroatoms. The molecule has 0 N–H and O–H groups in total. The van der Waals surface area contributed by atoms with Crippen molar-refractivity contribution in [1.29, 1.82) is 5.26 Å². The molecule has 212 valence electrons. The smallest absolute Gasteiger partial charge is 0.164 e. The van der Waals surface area contributed by atoms with Crippen molar-refractivity contribution in [2.75, 3.05) is 0 Å². The fraction of sp³-hybridized carbons (Fsp3) is 0.282. The fourth-order valence-electron chi connectivity index (χ4n) is 7.99. The van der Waals surface area contributed by atoms with Crippen LogP contribution in [-0.4, -0.2) is 15.0 Å². The van der Waals surface area contributed by atoms with E-state index in [9.17, 15) is 5.26 Å². The summed E-state index contributed by atoms with van der Waals surface area (Å²) in [6.45, 7) is 4.88. The van der Waals surface area contributed by atoms with E-state index in [1.54, 1.807) is 6.07 Å². The predicted octanol–water partition coefficient (Wildman–Crippen LogP) is 9.52. The summed E-state index contributed by atoms with van der Waals surface area (Å²) >= 11 is 0. The number of rotatable bonds is 5. The molecule has 43 heavy (non-hydrogen) atoms. The van der Waals surface area contributed by atoms with Crippen LogP contribution in [0, 0.1) is 29.1 Å². The number of aromatic nitrogens is 3. The lowest BCUT2D eigenvalue weighted by atomic mass is 9.54. The fourth-order valence-corrected chi connectivity index (χ4v) is 7.99. The highest BCUT2D eigenvalue weighted by molar-refractivity contribution is 5.72. The average Bonchev–Trinajstić information content (AvgIpc) is 3.04. The summed E-state index contributed by atoms with van der Waals surface area (Å²) in [6.07, 6.45) is 6.62. The van der Waals surface area contributed by atoms with Gasteiger partial charge in [0, 0.05) is 16.7 Å². The molecule has 1 unspecified atom stereocenters. The van der Waals surface area contributed by atoms with Gasteiger partial charge in [-0.2, -0.15) is 5.26 Å². The number of hydrogen-bond acceptors (Lipinski definition) is 4. The van der Waals surface area contributed by atoms with E-state index in [4.69, 9.17) is 15.0 Å². The highest BCUT2D eigenvalue weighted by Gasteiger charge is 2.45. The third-order valence-electron chi connectivity index (χ3n) is 9.50. The van der Waals surface area contributed by atoms with E-state index >= 15 is 0 Å². The first-order valence-electron chi connectivity index (χ1n) is 15.5. The maximum absolute atomic E-state index is 9.54. The van der Waals surface area contributed by atoms with Gasteiger partial charge in [0.2, 0.25) is 0 Å². The molecule has 2 bridgehead atoms. The number of hydrogen-bond donors (Lipinski definition) is 0. The maximum Gasteiger partial charge on any atom is 0.164 e. The van der Waals surface area contributed by atoms with Crippen LogP contribution < -0.4 is 0 Å². The first-order valence-corrected chi connectivity index (χ1v) is 15.5. The Labute approximate surface area is 254 Å². The quantitative estimate of drug-likeness (QED) is 0.215. The standard InChI is InChI=1S/C39H36N4/c1-26-18-29-19-27(2)23-39(22-26,24-29)35-16-14-31(15-17-35)36-41-37(33-12-6-8-28(20-33)25-40)43-38(42-36)34-13-7-11-32(21-34)30-9-4-3-5-10-30/h3-17,20-21,26-27,29H,18-19,22-24H2,1-2H3/t26-,27+,29-,39?. The van der Waals surface area contributed by atoms with Gasteiger partial charge in [0.05, 0.1) is 11.6 Å². The molecule has 2 aliphatic rings. The van der Waals surface area contributed by atoms with Crippen molar-refractivity contribution in [3.05, 3.63) is 114 Å². The molecule has 4 nitrogen and oxygen atoms in total. The van der Waals surface area contributed by atoms with E-state index in [0.29, 0.717) is 23.0 Å². The molecule has 1 heterocycles. The predicted molar refractivity (Wildman–Crippen MR) is 173 cm³/mol. The molecule has 0 aliphatic heterocycles. The van der Waals surface area contributed by atoms with Gasteiger partial charge in [0.15, 0.2) is 17.5 Å². The van der Waals surface area contributed by atoms with Crippen LogP contribution in [0.5, 0.6) is 0 Å². The summed E-state index contributed by atoms with van der Waals surface area (Å²) in [5.41, 5.74) is 7.29. The minimum Gasteiger partial charge on any atom is -0.208 e. The van der Waals surface area contributed by atoms with Gasteiger partial charge >= 0.3 is 0 Å². The van der Waals surface area contributed by atoms with Crippen LogP contribution in [0.15, 0.2) is 103 Å². The van der Waals surface area contributed by atoms with Crippen molar-refractivity contribution in [3.63, 3.8) is 0 Å². The number of benzene rings is 4. The molecule has 0 spiro atoms. The van der Waals surface area contributed by atoms with E-state index in [2.05, 4.69) is 86.6 Å². The molecule has 1 aromatic heterocycles. The second-order valence-electron chi connectivity index (χ2n) is 13.0. The Kier molecular flexibility index (Phi) is 7.11. The normalized spacial score (nSPS) is 23.0. The van der Waals surface area contributed by atoms with Crippen LogP contribution in [0.2, 0.25) is 0 Å². The van der Waals surface area contributed by atoms with Crippen molar-refractivity contribution < 1.29 is 0 Å². The molecule has 0 amide bonds. The maximum atomic E-state index is 9.54. The highest BCUT2D eigenvalue weighted by Crippen LogP contribution is 2.54. The van der Waals surface area contributed by atoms with Crippen molar-refractivity contribution in [3.8, 4) is 51.4 Å². The van der Waals surface area contributed by atoms with Gasteiger partial charge < -0.3 is 0 Å². The summed E-state index contributed by atoms with van der Waals surface area (Å²) in [5, 5.41) is 9.54. The second kappa shape index (κ2) is 11.2. The lowest BCUT2D eigenvalue weighted by Gasteiger charge is -2.50. The third kappa shape index (κ3) is 5.48. The summed E-state index contributed by atoms with van der Waals surface area (Å²) in [6, 6.07) is 37.5. The van der Waals surface area contributed by atoms with Crippen molar-refractivity contribution >= 4 is 0 Å². The van der Waals surface area contributed by atoms with Gasteiger partial charge in [0.1, 0.15) is 0 Å². The van der Waals surface area contributed by atoms with Gasteiger partial charge in [-0.3, -0.25) is 0 Å². The minimum atomic E-state index is 0.281.